The molecule has 22 heteroatoms. The fourth-order valence-corrected chi connectivity index (χ4v) is 8.98. The predicted octanol–water partition coefficient (Wildman–Crippen LogP) is -6.76. The predicted molar refractivity (Wildman–Crippen MR) is 191 cm³/mol. The van der Waals surface area contributed by atoms with Crippen LogP contribution >= 0.6 is 11.8 Å². The average molecular weight is 830 g/mol. The van der Waals surface area contributed by atoms with Gasteiger partial charge in [-0.25, -0.2) is 0 Å². The maximum Gasteiger partial charge on any atom is 0.243 e. The van der Waals surface area contributed by atoms with Crippen LogP contribution < -0.4 is 16.0 Å². The number of carbonyl (C=O) groups excluding carboxylic acids is 3. The van der Waals surface area contributed by atoms with E-state index in [1.54, 1.807) is 0 Å². The highest BCUT2D eigenvalue weighted by molar-refractivity contribution is 7.99. The van der Waals surface area contributed by atoms with Crippen LogP contribution in [0.15, 0.2) is 0 Å². The highest BCUT2D eigenvalue weighted by atomic mass is 32.2. The maximum atomic E-state index is 13.7. The third-order valence-corrected chi connectivity index (χ3v) is 12.3. The van der Waals surface area contributed by atoms with Crippen LogP contribution in [-0.2, 0) is 28.6 Å². The summed E-state index contributed by atoms with van der Waals surface area (Å²) in [7, 11) is 0. The molecule has 4 aliphatic rings. The van der Waals surface area contributed by atoms with E-state index < -0.39 is 139 Å². The van der Waals surface area contributed by atoms with E-state index in [1.165, 1.54) is 6.92 Å². The molecule has 2 aliphatic carbocycles. The summed E-state index contributed by atoms with van der Waals surface area (Å²) in [6, 6.07) is -4.52. The molecular formula is C34H59N3O18S. The van der Waals surface area contributed by atoms with E-state index in [1.807, 2.05) is 0 Å². The summed E-state index contributed by atoms with van der Waals surface area (Å²) >= 11 is 0.704. The summed E-state index contributed by atoms with van der Waals surface area (Å²) in [4.78, 5) is 39.2. The van der Waals surface area contributed by atoms with E-state index in [4.69, 9.17) is 14.2 Å². The number of thioether (sulfide) groups is 1. The molecule has 2 saturated heterocycles. The Hall–Kier alpha value is -1.84. The van der Waals surface area contributed by atoms with Crippen molar-refractivity contribution in [2.24, 2.45) is 11.8 Å². The molecule has 56 heavy (non-hydrogen) atoms. The molecule has 0 radical (unpaired) electrons. The Labute approximate surface area is 327 Å². The Morgan fingerprint density at radius 3 is 1.98 bits per heavy atom. The lowest BCUT2D eigenvalue weighted by molar-refractivity contribution is -0.319. The van der Waals surface area contributed by atoms with Gasteiger partial charge < -0.3 is 91.4 Å². The third kappa shape index (κ3) is 10.7. The number of amides is 3. The molecule has 0 spiro atoms. The summed E-state index contributed by atoms with van der Waals surface area (Å²) in [5.74, 6) is -2.50. The Morgan fingerprint density at radius 2 is 1.41 bits per heavy atom. The normalized spacial score (nSPS) is 43.3. The zero-order chi connectivity index (χ0) is 41.8. The van der Waals surface area contributed by atoms with Crippen molar-refractivity contribution in [3.8, 4) is 0 Å². The van der Waals surface area contributed by atoms with Gasteiger partial charge in [0.15, 0.2) is 6.29 Å². The Bertz CT molecular complexity index is 1290. The number of hydrogen-bond acceptors (Lipinski definition) is 19. The number of hydrogen-bond donors (Lipinski definition) is 15. The lowest BCUT2D eigenvalue weighted by Gasteiger charge is -2.47. The molecule has 2 saturated carbocycles. The molecule has 21 nitrogen and oxygen atoms in total. The third-order valence-electron chi connectivity index (χ3n) is 11.1. The van der Waals surface area contributed by atoms with Gasteiger partial charge in [0, 0.05) is 18.6 Å². The largest absolute Gasteiger partial charge is 0.394 e. The van der Waals surface area contributed by atoms with E-state index in [-0.39, 0.29) is 11.8 Å². The minimum atomic E-state index is -2.04. The monoisotopic (exact) mass is 829 g/mol. The first kappa shape index (κ1) is 46.8. The number of rotatable bonds is 15. The molecule has 4 rings (SSSR count). The minimum Gasteiger partial charge on any atom is -0.394 e. The maximum absolute atomic E-state index is 13.7. The van der Waals surface area contributed by atoms with Crippen molar-refractivity contribution >= 4 is 29.5 Å². The minimum absolute atomic E-state index is 0.330. The van der Waals surface area contributed by atoms with Gasteiger partial charge in [-0.15, -0.1) is 11.8 Å². The van der Waals surface area contributed by atoms with Crippen LogP contribution in [0.5, 0.6) is 0 Å². The smallest absolute Gasteiger partial charge is 0.243 e. The zero-order valence-electron chi connectivity index (χ0n) is 31.3. The van der Waals surface area contributed by atoms with Crippen LogP contribution in [0, 0.1) is 11.8 Å². The Kier molecular flexibility index (Phi) is 17.1. The fraction of sp³-hybridized carbons (Fsp3) is 0.912. The van der Waals surface area contributed by atoms with Crippen molar-refractivity contribution in [2.75, 3.05) is 12.4 Å². The van der Waals surface area contributed by atoms with E-state index in [0.717, 1.165) is 26.2 Å². The van der Waals surface area contributed by atoms with Crippen molar-refractivity contribution < 1.29 is 89.9 Å². The molecule has 0 bridgehead atoms. The quantitative estimate of drug-likeness (QED) is 0.0729. The van der Waals surface area contributed by atoms with Crippen molar-refractivity contribution in [1.29, 1.82) is 0 Å². The second kappa shape index (κ2) is 20.4. The van der Waals surface area contributed by atoms with Gasteiger partial charge >= 0.3 is 0 Å². The van der Waals surface area contributed by atoms with Crippen LogP contribution in [0.25, 0.3) is 0 Å². The van der Waals surface area contributed by atoms with Crippen molar-refractivity contribution in [3.05, 3.63) is 0 Å². The lowest BCUT2D eigenvalue weighted by Crippen LogP contribution is -2.70. The number of ether oxygens (including phenoxy) is 3. The molecule has 0 aromatic carbocycles. The summed E-state index contributed by atoms with van der Waals surface area (Å²) in [5.41, 5.74) is -1.41. The molecule has 3 amide bonds. The number of aliphatic hydroxyl groups excluding tert-OH is 12. The Morgan fingerprint density at radius 1 is 0.804 bits per heavy atom. The van der Waals surface area contributed by atoms with Gasteiger partial charge in [0.1, 0.15) is 96.9 Å². The molecule has 0 aromatic rings. The highest BCUT2D eigenvalue weighted by Gasteiger charge is 2.54. The zero-order valence-corrected chi connectivity index (χ0v) is 32.1. The van der Waals surface area contributed by atoms with Crippen molar-refractivity contribution in [1.82, 2.24) is 16.0 Å². The fourth-order valence-electron chi connectivity index (χ4n) is 7.80. The number of aliphatic hydroxyl groups is 12. The van der Waals surface area contributed by atoms with Gasteiger partial charge in [0.05, 0.1) is 18.8 Å². The second-order valence-corrected chi connectivity index (χ2v) is 16.4. The van der Waals surface area contributed by atoms with E-state index in [0.29, 0.717) is 30.5 Å². The van der Waals surface area contributed by atoms with Crippen LogP contribution in [0.1, 0.15) is 52.9 Å². The van der Waals surface area contributed by atoms with Crippen LogP contribution in [0.3, 0.4) is 0 Å². The summed E-state index contributed by atoms with van der Waals surface area (Å²) in [6.07, 6.45) is -23.2. The molecular weight excluding hydrogens is 770 g/mol. The standard InChI is InChI=1S/C34H59N3O18S/c1-4-5-13-6-7-14(8-13)31(51)36-17(11(2)39)29-25(47)24(46)28(50)34(55-29)56-10-15(35-12(3)40)32(52)37-18-20(42)19(41)16(9-38)53-33(18)54-30-26(48)22(44)21(43)23(45)27(30)49/h11,13-30,33-34,38-39,41-50H,4-10H2,1-3H3,(H,35,40)(H,36,51)(H,37,52)/t11-,13-,14+,15+,16?,17-,18?,19-,20-,21?,22?,23?,24+,25-,26-,27?,28?,29?,30?,33-,34-/m1/s1. The van der Waals surface area contributed by atoms with Gasteiger partial charge in [0.2, 0.25) is 17.7 Å². The first-order chi connectivity index (χ1) is 26.3. The number of nitrogens with one attached hydrogen (secondary N) is 3. The van der Waals surface area contributed by atoms with Gasteiger partial charge in [-0.2, -0.15) is 0 Å². The molecule has 2 aliphatic heterocycles. The van der Waals surface area contributed by atoms with Gasteiger partial charge in [0.25, 0.3) is 0 Å². The SMILES string of the molecule is CCC[C@@H]1CC[C@H](C(=O)N[C@@H](C2O[C@H](SC[C@H](NC(C)=O)C(=O)NC3[C@@H](OC4C(O)C(O)C(O)C(O)[C@H]4O)OC(CO)[C@@H](O)[C@@H]3O)C(O)[C@@H](O)[C@H]2O)[C@@H](C)O)C1. The molecule has 9 unspecified atom stereocenters. The van der Waals surface area contributed by atoms with Crippen LogP contribution in [-0.4, -0.2) is 207 Å². The van der Waals surface area contributed by atoms with Crippen LogP contribution in [0.4, 0.5) is 0 Å². The van der Waals surface area contributed by atoms with E-state index >= 15 is 0 Å². The van der Waals surface area contributed by atoms with Gasteiger partial charge in [-0.05, 0) is 32.1 Å². The summed E-state index contributed by atoms with van der Waals surface area (Å²) in [5, 5.41) is 133. The van der Waals surface area contributed by atoms with Crippen LogP contribution in [0.2, 0.25) is 0 Å². The summed E-state index contributed by atoms with van der Waals surface area (Å²) in [6.45, 7) is 3.61. The Balaban J connectivity index is 1.49. The molecule has 21 atom stereocenters. The molecule has 4 fully saturated rings. The molecule has 2 heterocycles. The van der Waals surface area contributed by atoms with E-state index in [9.17, 15) is 75.7 Å². The lowest BCUT2D eigenvalue weighted by atomic mass is 9.84. The van der Waals surface area contributed by atoms with Gasteiger partial charge in [-0.3, -0.25) is 14.4 Å². The summed E-state index contributed by atoms with van der Waals surface area (Å²) < 4.78 is 17.1. The molecule has 0 aromatic heterocycles. The molecule has 324 valence electrons. The molecule has 15 N–H and O–H groups in total. The topological polar surface area (TPSA) is 358 Å². The number of carbonyl (C=O) groups is 3. The van der Waals surface area contributed by atoms with Crippen molar-refractivity contribution in [3.63, 3.8) is 0 Å². The first-order valence-electron chi connectivity index (χ1n) is 18.9. The van der Waals surface area contributed by atoms with E-state index in [2.05, 4.69) is 22.9 Å². The average Bonchev–Trinajstić information content (AvgIpc) is 3.63. The van der Waals surface area contributed by atoms with Crippen molar-refractivity contribution in [2.45, 2.75) is 168 Å². The second-order valence-electron chi connectivity index (χ2n) is 15.3. The highest BCUT2D eigenvalue weighted by Crippen LogP contribution is 2.36. The first-order valence-corrected chi connectivity index (χ1v) is 19.9. The van der Waals surface area contributed by atoms with Gasteiger partial charge in [-0.1, -0.05) is 19.8 Å².